The van der Waals surface area contributed by atoms with Gasteiger partial charge in [0.15, 0.2) is 0 Å². The molecule has 0 N–H and O–H groups in total. The Morgan fingerprint density at radius 3 is 1.61 bits per heavy atom. The van der Waals surface area contributed by atoms with Gasteiger partial charge in [-0.15, -0.1) is 0 Å². The van der Waals surface area contributed by atoms with Crippen molar-refractivity contribution in [2.75, 3.05) is 16.5 Å². The van der Waals surface area contributed by atoms with Crippen molar-refractivity contribution in [2.45, 2.75) is 124 Å². The summed E-state index contributed by atoms with van der Waals surface area (Å²) >= 11 is 0. The molecular formula is C61H68N4O. The minimum Gasteiger partial charge on any atom is -0.457 e. The van der Waals surface area contributed by atoms with Crippen LogP contribution in [0.1, 0.15) is 130 Å². The van der Waals surface area contributed by atoms with Crippen LogP contribution in [0.3, 0.4) is 0 Å². The van der Waals surface area contributed by atoms with E-state index in [1.807, 2.05) is 6.20 Å². The van der Waals surface area contributed by atoms with E-state index < -0.39 is 0 Å². The Bertz CT molecular complexity index is 3070. The molecule has 5 nitrogen and oxygen atoms in total. The van der Waals surface area contributed by atoms with Crippen molar-refractivity contribution in [2.24, 2.45) is 0 Å². The smallest absolute Gasteiger partial charge is 0.137 e. The lowest BCUT2D eigenvalue weighted by atomic mass is 9.77. The molecule has 0 aliphatic carbocycles. The maximum atomic E-state index is 6.85. The van der Waals surface area contributed by atoms with Crippen LogP contribution in [0.4, 0.5) is 22.7 Å². The minimum absolute atomic E-state index is 0.000126. The van der Waals surface area contributed by atoms with Gasteiger partial charge in [0, 0.05) is 45.9 Å². The number of hydrogen-bond acceptors (Lipinski definition) is 4. The summed E-state index contributed by atoms with van der Waals surface area (Å²) < 4.78 is 9.17. The fourth-order valence-electron chi connectivity index (χ4n) is 9.40. The second-order valence-electron chi connectivity index (χ2n) is 23.2. The number of ether oxygens (including phenoxy) is 1. The van der Waals surface area contributed by atoms with Crippen molar-refractivity contribution < 1.29 is 4.74 Å². The highest BCUT2D eigenvalue weighted by Gasteiger charge is 2.31. The number of hydrogen-bond donors (Lipinski definition) is 0. The zero-order valence-corrected chi connectivity index (χ0v) is 41.8. The normalized spacial score (nSPS) is 13.8. The number of benzene rings is 6. The average Bonchev–Trinajstić information content (AvgIpc) is 3.81. The van der Waals surface area contributed by atoms with E-state index >= 15 is 0 Å². The van der Waals surface area contributed by atoms with Crippen LogP contribution in [0.2, 0.25) is 0 Å². The van der Waals surface area contributed by atoms with E-state index in [0.717, 1.165) is 34.0 Å². The van der Waals surface area contributed by atoms with Gasteiger partial charge in [-0.25, -0.2) is 4.98 Å². The maximum Gasteiger partial charge on any atom is 0.137 e. The lowest BCUT2D eigenvalue weighted by molar-refractivity contribution is 0.483. The molecule has 0 fully saturated rings. The molecule has 0 radical (unpaired) electrons. The highest BCUT2D eigenvalue weighted by Crippen LogP contribution is 2.47. The first-order valence-corrected chi connectivity index (χ1v) is 23.7. The van der Waals surface area contributed by atoms with E-state index in [1.165, 1.54) is 61.2 Å². The van der Waals surface area contributed by atoms with Crippen LogP contribution in [-0.2, 0) is 27.1 Å². The van der Waals surface area contributed by atoms with Gasteiger partial charge in [0.1, 0.15) is 24.0 Å². The van der Waals surface area contributed by atoms with Crippen LogP contribution in [0.5, 0.6) is 11.5 Å². The minimum atomic E-state index is -0.246. The van der Waals surface area contributed by atoms with Crippen LogP contribution in [0.25, 0.3) is 27.6 Å². The van der Waals surface area contributed by atoms with Crippen molar-refractivity contribution in [1.82, 2.24) is 9.55 Å². The molecule has 0 amide bonds. The molecule has 66 heavy (non-hydrogen) atoms. The Labute approximate surface area is 394 Å². The molecule has 0 saturated carbocycles. The van der Waals surface area contributed by atoms with Crippen molar-refractivity contribution in [1.29, 1.82) is 0 Å². The molecule has 338 valence electrons. The summed E-state index contributed by atoms with van der Waals surface area (Å²) in [6.07, 6.45) is 1.96. The molecule has 6 aromatic carbocycles. The van der Waals surface area contributed by atoms with Gasteiger partial charge in [-0.1, -0.05) is 152 Å². The number of anilines is 4. The SMILES string of the molecule is CC(C)(C)c1ccc(C(C)(C)c2ccnc(-n3c4ccc(C(C)(C)C)cc4c4ccc(Oc5cccc(N6CN(c7cc(C(C)(C)C)cc(C(C)(C)C)c7)c7ccccc76)c5)cc43)c2)cc1. The third-order valence-electron chi connectivity index (χ3n) is 13.8. The molecule has 1 aliphatic rings. The Balaban J connectivity index is 1.09. The summed E-state index contributed by atoms with van der Waals surface area (Å²) in [5, 5.41) is 2.37. The highest BCUT2D eigenvalue weighted by atomic mass is 16.5. The van der Waals surface area contributed by atoms with Gasteiger partial charge in [0.2, 0.25) is 0 Å². The number of pyridine rings is 1. The Kier molecular flexibility index (Phi) is 10.8. The Hall–Kier alpha value is -6.33. The monoisotopic (exact) mass is 873 g/mol. The van der Waals surface area contributed by atoms with Gasteiger partial charge in [0.05, 0.1) is 22.4 Å². The second kappa shape index (κ2) is 15.9. The predicted octanol–water partition coefficient (Wildman–Crippen LogP) is 16.7. The average molecular weight is 873 g/mol. The summed E-state index contributed by atoms with van der Waals surface area (Å²) in [6.45, 7) is 32.8. The number of aromatic nitrogens is 2. The maximum absolute atomic E-state index is 6.85. The summed E-state index contributed by atoms with van der Waals surface area (Å²) in [5.41, 5.74) is 14.5. The lowest BCUT2D eigenvalue weighted by Gasteiger charge is -2.29. The van der Waals surface area contributed by atoms with Gasteiger partial charge in [-0.2, -0.15) is 0 Å². The lowest BCUT2D eigenvalue weighted by Crippen LogP contribution is -2.25. The summed E-state index contributed by atoms with van der Waals surface area (Å²) in [4.78, 5) is 9.92. The zero-order chi connectivity index (χ0) is 47.1. The van der Waals surface area contributed by atoms with Gasteiger partial charge >= 0.3 is 0 Å². The van der Waals surface area contributed by atoms with E-state index in [4.69, 9.17) is 9.72 Å². The van der Waals surface area contributed by atoms with Crippen LogP contribution < -0.4 is 14.5 Å². The van der Waals surface area contributed by atoms with E-state index in [1.54, 1.807) is 0 Å². The topological polar surface area (TPSA) is 33.5 Å². The van der Waals surface area contributed by atoms with E-state index in [0.29, 0.717) is 6.67 Å². The van der Waals surface area contributed by atoms with Crippen molar-refractivity contribution >= 4 is 44.6 Å². The molecule has 9 rings (SSSR count). The molecule has 1 aliphatic heterocycles. The number of nitrogens with zero attached hydrogens (tertiary/aromatic N) is 4. The van der Waals surface area contributed by atoms with Crippen molar-refractivity contribution in [3.63, 3.8) is 0 Å². The first-order valence-electron chi connectivity index (χ1n) is 23.7. The van der Waals surface area contributed by atoms with Crippen LogP contribution >= 0.6 is 0 Å². The number of rotatable bonds is 7. The van der Waals surface area contributed by atoms with E-state index in [-0.39, 0.29) is 27.1 Å². The Morgan fingerprint density at radius 2 is 0.985 bits per heavy atom. The molecule has 2 aromatic heterocycles. The first-order chi connectivity index (χ1) is 31.0. The fraction of sp³-hybridized carbons (Fsp3) is 0.328. The standard InChI is InChI=1S/C61H68N4O/c1-57(2,3)40-22-24-41(25-23-40)61(13,14)43-30-31-62-56(36-43)65-52-29-26-42(58(4,5)6)35-51(52)50-28-27-49(38-55(50)65)66-48-19-17-18-46(37-48)63-39-64(54-21-16-15-20-53(54)63)47-33-44(59(7,8)9)32-45(34-47)60(10,11)12/h15-38H,39H2,1-14H3. The summed E-state index contributed by atoms with van der Waals surface area (Å²) in [6, 6.07) is 51.4. The van der Waals surface area contributed by atoms with Gasteiger partial charge < -0.3 is 14.5 Å². The molecule has 3 heterocycles. The zero-order valence-electron chi connectivity index (χ0n) is 41.8. The molecule has 0 unspecified atom stereocenters. The Morgan fingerprint density at radius 1 is 0.409 bits per heavy atom. The quantitative estimate of drug-likeness (QED) is 0.160. The fourth-order valence-corrected chi connectivity index (χ4v) is 9.40. The predicted molar refractivity (Wildman–Crippen MR) is 280 cm³/mol. The molecule has 0 atom stereocenters. The molecule has 8 aromatic rings. The van der Waals surface area contributed by atoms with Gasteiger partial charge in [-0.05, 0) is 128 Å². The highest BCUT2D eigenvalue weighted by molar-refractivity contribution is 6.10. The summed E-state index contributed by atoms with van der Waals surface area (Å²) in [7, 11) is 0. The molecule has 5 heteroatoms. The third kappa shape index (κ3) is 8.38. The third-order valence-corrected chi connectivity index (χ3v) is 13.8. The van der Waals surface area contributed by atoms with Crippen molar-refractivity contribution in [3.8, 4) is 17.3 Å². The molecular weight excluding hydrogens is 805 g/mol. The van der Waals surface area contributed by atoms with Crippen LogP contribution in [-0.4, -0.2) is 16.2 Å². The number of fused-ring (bicyclic) bond motifs is 4. The second-order valence-corrected chi connectivity index (χ2v) is 23.2. The van der Waals surface area contributed by atoms with Crippen LogP contribution in [0.15, 0.2) is 146 Å². The summed E-state index contributed by atoms with van der Waals surface area (Å²) in [5.74, 6) is 2.44. The van der Waals surface area contributed by atoms with Crippen molar-refractivity contribution in [3.05, 3.63) is 179 Å². The van der Waals surface area contributed by atoms with E-state index in [9.17, 15) is 0 Å². The van der Waals surface area contributed by atoms with Crippen LogP contribution in [0, 0.1) is 0 Å². The van der Waals surface area contributed by atoms with E-state index in [2.05, 4.69) is 251 Å². The van der Waals surface area contributed by atoms with Gasteiger partial charge in [-0.3, -0.25) is 4.57 Å². The first kappa shape index (κ1) is 44.9. The molecule has 0 saturated heterocycles. The number of para-hydroxylation sites is 2. The molecule has 0 bridgehead atoms. The molecule has 0 spiro atoms. The van der Waals surface area contributed by atoms with Gasteiger partial charge in [0.25, 0.3) is 0 Å². The largest absolute Gasteiger partial charge is 0.457 e.